The van der Waals surface area contributed by atoms with Crippen LogP contribution in [0.3, 0.4) is 0 Å². The molecule has 1 aromatic carbocycles. The fraction of sp³-hybridized carbons (Fsp3) is 0.600. The van der Waals surface area contributed by atoms with Gasteiger partial charge in [-0.2, -0.15) is 11.8 Å². The van der Waals surface area contributed by atoms with Crippen molar-refractivity contribution in [2.75, 3.05) is 5.75 Å². The molecule has 17 heavy (non-hydrogen) atoms. The smallest absolute Gasteiger partial charge is 0.0414 e. The predicted molar refractivity (Wildman–Crippen MR) is 79.4 cm³/mol. The van der Waals surface area contributed by atoms with E-state index in [0.29, 0.717) is 4.75 Å². The Bertz CT molecular complexity index is 329. The van der Waals surface area contributed by atoms with Crippen molar-refractivity contribution in [2.24, 2.45) is 5.73 Å². The lowest BCUT2D eigenvalue weighted by molar-refractivity contribution is 0.416. The van der Waals surface area contributed by atoms with Crippen molar-refractivity contribution in [3.05, 3.63) is 35.9 Å². The maximum Gasteiger partial charge on any atom is 0.0414 e. The summed E-state index contributed by atoms with van der Waals surface area (Å²) in [5.41, 5.74) is 7.63. The third kappa shape index (κ3) is 4.72. The number of hydrogen-bond donors (Lipinski definition) is 1. The second-order valence-corrected chi connectivity index (χ2v) is 7.51. The fourth-order valence-electron chi connectivity index (χ4n) is 1.83. The zero-order valence-electron chi connectivity index (χ0n) is 11.5. The quantitative estimate of drug-likeness (QED) is 0.850. The van der Waals surface area contributed by atoms with E-state index in [-0.39, 0.29) is 5.54 Å². The Labute approximate surface area is 110 Å². The van der Waals surface area contributed by atoms with Crippen molar-refractivity contribution in [3.8, 4) is 0 Å². The Morgan fingerprint density at radius 1 is 1.12 bits per heavy atom. The minimum atomic E-state index is -0.167. The van der Waals surface area contributed by atoms with E-state index in [4.69, 9.17) is 5.73 Å². The van der Waals surface area contributed by atoms with Crippen LogP contribution < -0.4 is 5.73 Å². The van der Waals surface area contributed by atoms with E-state index in [1.54, 1.807) is 0 Å². The first-order valence-electron chi connectivity index (χ1n) is 6.36. The number of rotatable bonds is 5. The molecule has 0 heterocycles. The molecule has 0 aliphatic carbocycles. The summed E-state index contributed by atoms with van der Waals surface area (Å²) in [6.07, 6.45) is 2.02. The summed E-state index contributed by atoms with van der Waals surface area (Å²) in [7, 11) is 0. The third-order valence-corrected chi connectivity index (χ3v) is 4.34. The van der Waals surface area contributed by atoms with Gasteiger partial charge < -0.3 is 5.73 Å². The largest absolute Gasteiger partial charge is 0.321 e. The van der Waals surface area contributed by atoms with Crippen LogP contribution in [0.1, 0.15) is 46.1 Å². The van der Waals surface area contributed by atoms with Gasteiger partial charge in [0.05, 0.1) is 0 Å². The molecular formula is C15H25NS. The molecule has 1 atom stereocenters. The summed E-state index contributed by atoms with van der Waals surface area (Å²) in [4.78, 5) is 0. The maximum atomic E-state index is 6.53. The van der Waals surface area contributed by atoms with Gasteiger partial charge in [-0.3, -0.25) is 0 Å². The van der Waals surface area contributed by atoms with E-state index in [1.165, 1.54) is 5.56 Å². The van der Waals surface area contributed by atoms with Crippen molar-refractivity contribution in [1.82, 2.24) is 0 Å². The molecule has 0 aliphatic heterocycles. The van der Waals surface area contributed by atoms with E-state index < -0.39 is 0 Å². The summed E-state index contributed by atoms with van der Waals surface area (Å²) in [6.45, 7) is 8.94. The van der Waals surface area contributed by atoms with Crippen LogP contribution in [0.2, 0.25) is 0 Å². The first-order chi connectivity index (χ1) is 7.87. The first-order valence-corrected chi connectivity index (χ1v) is 7.34. The normalized spacial score (nSPS) is 15.6. The predicted octanol–water partition coefficient (Wildman–Crippen LogP) is 4.17. The zero-order valence-corrected chi connectivity index (χ0v) is 12.3. The van der Waals surface area contributed by atoms with E-state index in [9.17, 15) is 0 Å². The van der Waals surface area contributed by atoms with Gasteiger partial charge in [0.2, 0.25) is 0 Å². The molecule has 0 aromatic heterocycles. The van der Waals surface area contributed by atoms with E-state index in [1.807, 2.05) is 17.8 Å². The van der Waals surface area contributed by atoms with Gasteiger partial charge >= 0.3 is 0 Å². The Morgan fingerprint density at radius 2 is 1.71 bits per heavy atom. The van der Waals surface area contributed by atoms with E-state index >= 15 is 0 Å². The average molecular weight is 251 g/mol. The Kier molecular flexibility index (Phi) is 5.08. The van der Waals surface area contributed by atoms with Gasteiger partial charge in [-0.05, 0) is 24.2 Å². The number of thioether (sulfide) groups is 1. The summed E-state index contributed by atoms with van der Waals surface area (Å²) < 4.78 is 0.325. The second kappa shape index (κ2) is 5.92. The Morgan fingerprint density at radius 3 is 2.18 bits per heavy atom. The summed E-state index contributed by atoms with van der Waals surface area (Å²) >= 11 is 1.99. The molecule has 0 bridgehead atoms. The highest BCUT2D eigenvalue weighted by Crippen LogP contribution is 2.31. The van der Waals surface area contributed by atoms with Crippen molar-refractivity contribution in [3.63, 3.8) is 0 Å². The fourth-order valence-corrected chi connectivity index (χ4v) is 2.91. The van der Waals surface area contributed by atoms with Crippen LogP contribution in [-0.2, 0) is 5.54 Å². The van der Waals surface area contributed by atoms with Crippen LogP contribution in [0.4, 0.5) is 0 Å². The molecule has 0 amide bonds. The van der Waals surface area contributed by atoms with Gasteiger partial charge in [-0.15, -0.1) is 0 Å². The molecule has 2 N–H and O–H groups in total. The number of hydrogen-bond acceptors (Lipinski definition) is 2. The SMILES string of the molecule is CCC(N)(CCSC(C)(C)C)c1ccccc1. The van der Waals surface area contributed by atoms with Crippen LogP contribution in [0.5, 0.6) is 0 Å². The minimum Gasteiger partial charge on any atom is -0.321 e. The standard InChI is InChI=1S/C15H25NS/c1-5-15(16,11-12-17-14(2,3)4)13-9-7-6-8-10-13/h6-10H,5,11-12,16H2,1-4H3. The molecular weight excluding hydrogens is 226 g/mol. The van der Waals surface area contributed by atoms with Gasteiger partial charge in [-0.1, -0.05) is 58.0 Å². The molecule has 2 heteroatoms. The van der Waals surface area contributed by atoms with Crippen LogP contribution in [0, 0.1) is 0 Å². The molecule has 0 fully saturated rings. The second-order valence-electron chi connectivity index (χ2n) is 5.59. The topological polar surface area (TPSA) is 26.0 Å². The monoisotopic (exact) mass is 251 g/mol. The first kappa shape index (κ1) is 14.6. The van der Waals surface area contributed by atoms with Gasteiger partial charge in [0, 0.05) is 10.3 Å². The molecule has 96 valence electrons. The molecule has 1 unspecified atom stereocenters. The highest BCUT2D eigenvalue weighted by molar-refractivity contribution is 8.00. The minimum absolute atomic E-state index is 0.167. The summed E-state index contributed by atoms with van der Waals surface area (Å²) in [5, 5.41) is 0. The lowest BCUT2D eigenvalue weighted by Crippen LogP contribution is -2.36. The summed E-state index contributed by atoms with van der Waals surface area (Å²) in [6, 6.07) is 10.5. The highest BCUT2D eigenvalue weighted by atomic mass is 32.2. The van der Waals surface area contributed by atoms with Crippen LogP contribution in [0.15, 0.2) is 30.3 Å². The Balaban J connectivity index is 2.64. The lowest BCUT2D eigenvalue weighted by Gasteiger charge is -2.30. The van der Waals surface area contributed by atoms with Crippen LogP contribution in [0.25, 0.3) is 0 Å². The van der Waals surface area contributed by atoms with Gasteiger partial charge in [0.25, 0.3) is 0 Å². The maximum absolute atomic E-state index is 6.53. The summed E-state index contributed by atoms with van der Waals surface area (Å²) in [5.74, 6) is 1.11. The van der Waals surface area contributed by atoms with Crippen molar-refractivity contribution in [2.45, 2.75) is 50.8 Å². The van der Waals surface area contributed by atoms with Crippen LogP contribution in [-0.4, -0.2) is 10.5 Å². The molecule has 0 saturated carbocycles. The third-order valence-electron chi connectivity index (χ3n) is 3.06. The molecule has 1 nitrogen and oxygen atoms in total. The van der Waals surface area contributed by atoms with Crippen molar-refractivity contribution in [1.29, 1.82) is 0 Å². The van der Waals surface area contributed by atoms with Gasteiger partial charge in [-0.25, -0.2) is 0 Å². The Hall–Kier alpha value is -0.470. The molecule has 1 rings (SSSR count). The number of nitrogens with two attached hydrogens (primary N) is 1. The van der Waals surface area contributed by atoms with Gasteiger partial charge in [0.15, 0.2) is 0 Å². The molecule has 0 aliphatic rings. The molecule has 0 spiro atoms. The van der Waals surface area contributed by atoms with E-state index in [0.717, 1.165) is 18.6 Å². The lowest BCUT2D eigenvalue weighted by atomic mass is 9.86. The van der Waals surface area contributed by atoms with Crippen molar-refractivity contribution < 1.29 is 0 Å². The average Bonchev–Trinajstić information content (AvgIpc) is 2.28. The van der Waals surface area contributed by atoms with Gasteiger partial charge in [0.1, 0.15) is 0 Å². The zero-order chi connectivity index (χ0) is 12.9. The van der Waals surface area contributed by atoms with Crippen LogP contribution >= 0.6 is 11.8 Å². The van der Waals surface area contributed by atoms with Crippen molar-refractivity contribution >= 4 is 11.8 Å². The van der Waals surface area contributed by atoms with E-state index in [2.05, 4.69) is 52.0 Å². The highest BCUT2D eigenvalue weighted by Gasteiger charge is 2.25. The molecule has 0 saturated heterocycles. The molecule has 0 radical (unpaired) electrons. The number of benzene rings is 1. The molecule has 1 aromatic rings.